The monoisotopic (exact) mass is 439 g/mol. The van der Waals surface area contributed by atoms with E-state index in [2.05, 4.69) is 5.32 Å². The third-order valence-electron chi connectivity index (χ3n) is 4.91. The summed E-state index contributed by atoms with van der Waals surface area (Å²) in [6.07, 6.45) is 0. The lowest BCUT2D eigenvalue weighted by Gasteiger charge is -2.11. The van der Waals surface area contributed by atoms with Crippen LogP contribution in [-0.4, -0.2) is 22.1 Å². The lowest BCUT2D eigenvalue weighted by atomic mass is 10.0. The standard InChI is InChI=1S/C23H15F2NO4S/c1-11-6-8-14(20(25)19(11)24)21-18(23(29)30)15(10-31-21)26-22(28)17-13-5-3-2-4-12(13)7-9-16(17)27/h2-10,27H,1H3,(H,26,28)(H,29,30). The summed E-state index contributed by atoms with van der Waals surface area (Å²) in [4.78, 5) is 24.8. The van der Waals surface area contributed by atoms with Crippen LogP contribution in [0.5, 0.6) is 5.75 Å². The van der Waals surface area contributed by atoms with Crippen molar-refractivity contribution < 1.29 is 28.6 Å². The average molecular weight is 439 g/mol. The Bertz CT molecular complexity index is 1360. The molecule has 0 unspecified atom stereocenters. The molecule has 4 rings (SSSR count). The number of aromatic carboxylic acids is 1. The number of carbonyl (C=O) groups is 2. The fraction of sp³-hybridized carbons (Fsp3) is 0.0435. The van der Waals surface area contributed by atoms with Crippen molar-refractivity contribution >= 4 is 39.7 Å². The van der Waals surface area contributed by atoms with Crippen LogP contribution >= 0.6 is 11.3 Å². The van der Waals surface area contributed by atoms with Crippen LogP contribution < -0.4 is 5.32 Å². The van der Waals surface area contributed by atoms with Crippen molar-refractivity contribution in [2.24, 2.45) is 0 Å². The molecular weight excluding hydrogens is 424 g/mol. The second-order valence-electron chi connectivity index (χ2n) is 6.85. The predicted octanol–water partition coefficient (Wildman–Crippen LogP) is 5.81. The maximum Gasteiger partial charge on any atom is 0.339 e. The van der Waals surface area contributed by atoms with Crippen LogP contribution in [-0.2, 0) is 0 Å². The van der Waals surface area contributed by atoms with Crippen molar-refractivity contribution in [2.75, 3.05) is 5.32 Å². The molecule has 3 aromatic carbocycles. The van der Waals surface area contributed by atoms with Gasteiger partial charge in [-0.3, -0.25) is 4.79 Å². The second-order valence-corrected chi connectivity index (χ2v) is 7.73. The summed E-state index contributed by atoms with van der Waals surface area (Å²) in [7, 11) is 0. The fourth-order valence-corrected chi connectivity index (χ4v) is 4.38. The highest BCUT2D eigenvalue weighted by Crippen LogP contribution is 2.39. The van der Waals surface area contributed by atoms with Gasteiger partial charge >= 0.3 is 5.97 Å². The Labute approximate surface area is 179 Å². The summed E-state index contributed by atoms with van der Waals surface area (Å²) in [5.74, 6) is -4.62. The molecule has 0 aliphatic heterocycles. The van der Waals surface area contributed by atoms with Crippen LogP contribution in [0.15, 0.2) is 53.9 Å². The van der Waals surface area contributed by atoms with Gasteiger partial charge in [-0.1, -0.05) is 42.5 Å². The summed E-state index contributed by atoms with van der Waals surface area (Å²) in [5.41, 5.74) is -0.575. The molecule has 0 atom stereocenters. The maximum absolute atomic E-state index is 14.5. The fourth-order valence-electron chi connectivity index (χ4n) is 3.37. The molecule has 0 saturated carbocycles. The van der Waals surface area contributed by atoms with E-state index < -0.39 is 23.5 Å². The largest absolute Gasteiger partial charge is 0.507 e. The highest BCUT2D eigenvalue weighted by molar-refractivity contribution is 7.14. The number of nitrogens with one attached hydrogen (secondary N) is 1. The molecule has 1 heterocycles. The zero-order valence-corrected chi connectivity index (χ0v) is 16.9. The molecule has 0 saturated heterocycles. The van der Waals surface area contributed by atoms with Gasteiger partial charge in [-0.25, -0.2) is 13.6 Å². The summed E-state index contributed by atoms with van der Waals surface area (Å²) >= 11 is 0.867. The molecule has 3 N–H and O–H groups in total. The number of aryl methyl sites for hydroxylation is 1. The number of carbonyl (C=O) groups excluding carboxylic acids is 1. The lowest BCUT2D eigenvalue weighted by Crippen LogP contribution is -2.14. The van der Waals surface area contributed by atoms with Crippen molar-refractivity contribution in [1.29, 1.82) is 0 Å². The topological polar surface area (TPSA) is 86.6 Å². The first-order valence-electron chi connectivity index (χ1n) is 9.11. The maximum atomic E-state index is 14.5. The molecule has 1 amide bonds. The number of fused-ring (bicyclic) bond motifs is 1. The van der Waals surface area contributed by atoms with Gasteiger partial charge in [-0.2, -0.15) is 0 Å². The quantitative estimate of drug-likeness (QED) is 0.374. The van der Waals surface area contributed by atoms with E-state index in [1.807, 2.05) is 0 Å². The minimum absolute atomic E-state index is 0.0188. The Hall–Kier alpha value is -3.78. The molecular formula is C23H15F2NO4S. The summed E-state index contributed by atoms with van der Waals surface area (Å²) < 4.78 is 28.5. The second kappa shape index (κ2) is 7.81. The van der Waals surface area contributed by atoms with E-state index in [4.69, 9.17) is 0 Å². The number of aromatic hydroxyl groups is 1. The first kappa shape index (κ1) is 20.5. The van der Waals surface area contributed by atoms with Crippen molar-refractivity contribution in [3.63, 3.8) is 0 Å². The molecule has 0 fully saturated rings. The number of rotatable bonds is 4. The predicted molar refractivity (Wildman–Crippen MR) is 115 cm³/mol. The first-order valence-corrected chi connectivity index (χ1v) is 9.99. The van der Waals surface area contributed by atoms with Crippen LogP contribution in [0.4, 0.5) is 14.5 Å². The molecule has 0 spiro atoms. The zero-order valence-electron chi connectivity index (χ0n) is 16.1. The number of amides is 1. The summed E-state index contributed by atoms with van der Waals surface area (Å²) in [6, 6.07) is 12.6. The zero-order chi connectivity index (χ0) is 22.3. The Morgan fingerprint density at radius 1 is 0.968 bits per heavy atom. The highest BCUT2D eigenvalue weighted by atomic mass is 32.1. The highest BCUT2D eigenvalue weighted by Gasteiger charge is 2.25. The van der Waals surface area contributed by atoms with E-state index in [1.165, 1.54) is 30.5 Å². The number of phenols is 1. The number of carboxylic acids is 1. The molecule has 31 heavy (non-hydrogen) atoms. The van der Waals surface area contributed by atoms with Gasteiger partial charge in [0.2, 0.25) is 0 Å². The SMILES string of the molecule is Cc1ccc(-c2scc(NC(=O)c3c(O)ccc4ccccc34)c2C(=O)O)c(F)c1F. The normalized spacial score (nSPS) is 10.9. The van der Waals surface area contributed by atoms with Gasteiger partial charge in [0.15, 0.2) is 11.6 Å². The van der Waals surface area contributed by atoms with E-state index in [-0.39, 0.29) is 38.6 Å². The van der Waals surface area contributed by atoms with Crippen LogP contribution in [0.1, 0.15) is 26.3 Å². The van der Waals surface area contributed by atoms with Gasteiger partial charge in [0.05, 0.1) is 16.1 Å². The van der Waals surface area contributed by atoms with Gasteiger partial charge in [0, 0.05) is 10.9 Å². The lowest BCUT2D eigenvalue weighted by molar-refractivity contribution is 0.0699. The number of phenolic OH excluding ortho intramolecular Hbond substituents is 1. The van der Waals surface area contributed by atoms with Crippen LogP contribution in [0.2, 0.25) is 0 Å². The Kier molecular flexibility index (Phi) is 5.16. The molecule has 0 bridgehead atoms. The molecule has 5 nitrogen and oxygen atoms in total. The van der Waals surface area contributed by atoms with Crippen LogP contribution in [0.3, 0.4) is 0 Å². The number of anilines is 1. The summed E-state index contributed by atoms with van der Waals surface area (Å²) in [5, 5.41) is 25.0. The van der Waals surface area contributed by atoms with Crippen molar-refractivity contribution in [3.8, 4) is 16.2 Å². The van der Waals surface area contributed by atoms with E-state index >= 15 is 0 Å². The number of benzene rings is 3. The Morgan fingerprint density at radius 3 is 2.45 bits per heavy atom. The molecule has 0 aliphatic rings. The first-order chi connectivity index (χ1) is 14.8. The molecule has 4 aromatic rings. The third kappa shape index (κ3) is 3.51. The molecule has 8 heteroatoms. The van der Waals surface area contributed by atoms with Gasteiger partial charge in [-0.15, -0.1) is 11.3 Å². The molecule has 0 radical (unpaired) electrons. The third-order valence-corrected chi connectivity index (χ3v) is 5.92. The van der Waals surface area contributed by atoms with Gasteiger partial charge in [0.25, 0.3) is 5.91 Å². The Morgan fingerprint density at radius 2 is 1.71 bits per heavy atom. The molecule has 156 valence electrons. The summed E-state index contributed by atoms with van der Waals surface area (Å²) in [6.45, 7) is 1.40. The number of halogens is 2. The van der Waals surface area contributed by atoms with E-state index in [0.29, 0.717) is 10.8 Å². The van der Waals surface area contributed by atoms with Gasteiger partial charge in [0.1, 0.15) is 11.3 Å². The number of thiophene rings is 1. The minimum atomic E-state index is -1.41. The van der Waals surface area contributed by atoms with E-state index in [0.717, 1.165) is 11.3 Å². The van der Waals surface area contributed by atoms with Gasteiger partial charge < -0.3 is 15.5 Å². The van der Waals surface area contributed by atoms with E-state index in [1.54, 1.807) is 30.3 Å². The number of carboxylic acid groups (broad SMARTS) is 1. The Balaban J connectivity index is 1.80. The number of hydrogen-bond donors (Lipinski definition) is 3. The van der Waals surface area contributed by atoms with Crippen LogP contribution in [0.25, 0.3) is 21.2 Å². The van der Waals surface area contributed by atoms with Gasteiger partial charge in [-0.05, 0) is 29.3 Å². The van der Waals surface area contributed by atoms with Crippen molar-refractivity contribution in [1.82, 2.24) is 0 Å². The minimum Gasteiger partial charge on any atom is -0.507 e. The molecule has 1 aromatic heterocycles. The van der Waals surface area contributed by atoms with Crippen molar-refractivity contribution in [3.05, 3.63) is 82.2 Å². The van der Waals surface area contributed by atoms with E-state index in [9.17, 15) is 28.6 Å². The van der Waals surface area contributed by atoms with Crippen LogP contribution in [0, 0.1) is 18.6 Å². The molecule has 0 aliphatic carbocycles. The van der Waals surface area contributed by atoms with Crippen molar-refractivity contribution in [2.45, 2.75) is 6.92 Å². The smallest absolute Gasteiger partial charge is 0.339 e. The number of hydrogen-bond acceptors (Lipinski definition) is 4. The average Bonchev–Trinajstić information content (AvgIpc) is 3.15.